The molecule has 0 amide bonds. The van der Waals surface area contributed by atoms with Crippen LogP contribution in [0.1, 0.15) is 60.8 Å². The predicted octanol–water partition coefficient (Wildman–Crippen LogP) is 6.13. The molecule has 0 aromatic heterocycles. The molecule has 0 aromatic carbocycles. The van der Waals surface area contributed by atoms with Crippen molar-refractivity contribution in [2.75, 3.05) is 13.7 Å². The molecule has 0 heterocycles. The summed E-state index contributed by atoms with van der Waals surface area (Å²) in [6.07, 6.45) is 15.2. The highest BCUT2D eigenvalue weighted by Crippen LogP contribution is 2.19. The summed E-state index contributed by atoms with van der Waals surface area (Å²) in [7, 11) is 1.00. The molecule has 29 heavy (non-hydrogen) atoms. The van der Waals surface area contributed by atoms with Crippen LogP contribution < -0.4 is 5.32 Å². The van der Waals surface area contributed by atoms with Crippen LogP contribution in [0.3, 0.4) is 0 Å². The van der Waals surface area contributed by atoms with E-state index in [0.29, 0.717) is 5.76 Å². The summed E-state index contributed by atoms with van der Waals surface area (Å²) in [6, 6.07) is 0. The highest BCUT2D eigenvalue weighted by Gasteiger charge is 2.05. The molecule has 0 rings (SSSR count). The van der Waals surface area contributed by atoms with E-state index in [1.54, 1.807) is 0 Å². The number of carboxylic acid groups (broad SMARTS) is 1. The second-order valence-electron chi connectivity index (χ2n) is 5.18. The van der Waals surface area contributed by atoms with E-state index < -0.39 is 0 Å². The van der Waals surface area contributed by atoms with Gasteiger partial charge in [-0.15, -0.1) is 0 Å². The number of rotatable bonds is 11. The van der Waals surface area contributed by atoms with Gasteiger partial charge in [-0.1, -0.05) is 77.2 Å². The topological polar surface area (TPSA) is 78.8 Å². The second kappa shape index (κ2) is 30.2. The Labute approximate surface area is 178 Å². The lowest BCUT2D eigenvalue weighted by Crippen LogP contribution is -2.07. The minimum absolute atomic E-state index is 0.250. The smallest absolute Gasteiger partial charge is 0.290 e. The zero-order valence-electron chi connectivity index (χ0n) is 19.5. The van der Waals surface area contributed by atoms with Crippen LogP contribution in [-0.2, 0) is 9.53 Å². The average Bonchev–Trinajstić information content (AvgIpc) is 2.73. The van der Waals surface area contributed by atoms with Crippen molar-refractivity contribution >= 4 is 6.47 Å². The van der Waals surface area contributed by atoms with E-state index in [1.807, 2.05) is 39.1 Å². The summed E-state index contributed by atoms with van der Waals surface area (Å²) >= 11 is 0. The first kappa shape index (κ1) is 34.0. The van der Waals surface area contributed by atoms with Gasteiger partial charge in [0.05, 0.1) is 0 Å². The molecule has 3 N–H and O–H groups in total. The third-order valence-corrected chi connectivity index (χ3v) is 2.82. The number of aliphatic hydroxyl groups is 1. The Morgan fingerprint density at radius 2 is 1.66 bits per heavy atom. The normalized spacial score (nSPS) is 10.6. The Balaban J connectivity index is -0.000000394. The maximum absolute atomic E-state index is 8.36. The monoisotopic (exact) mass is 409 g/mol. The first-order valence-electron chi connectivity index (χ1n) is 9.99. The number of ether oxygens (including phenoxy) is 1. The molecule has 0 aromatic rings. The molecule has 5 nitrogen and oxygen atoms in total. The molecular weight excluding hydrogens is 366 g/mol. The van der Waals surface area contributed by atoms with Crippen LogP contribution in [0.5, 0.6) is 0 Å². The van der Waals surface area contributed by atoms with Gasteiger partial charge in [0, 0.05) is 19.9 Å². The number of carbonyl (C=O) groups is 1. The Kier molecular flexibility index (Phi) is 35.4. The second-order valence-corrected chi connectivity index (χ2v) is 5.18. The fourth-order valence-corrected chi connectivity index (χ4v) is 1.61. The molecule has 168 valence electrons. The molecule has 0 aliphatic carbocycles. The van der Waals surface area contributed by atoms with Gasteiger partial charge in [0.15, 0.2) is 0 Å². The van der Waals surface area contributed by atoms with Gasteiger partial charge < -0.3 is 20.3 Å². The van der Waals surface area contributed by atoms with E-state index in [9.17, 15) is 0 Å². The Morgan fingerprint density at radius 3 is 2.07 bits per heavy atom. The van der Waals surface area contributed by atoms with Crippen LogP contribution >= 0.6 is 0 Å². The number of hydrogen-bond donors (Lipinski definition) is 3. The number of nitrogens with one attached hydrogen (secondary N) is 1. The van der Waals surface area contributed by atoms with Crippen LogP contribution in [0.2, 0.25) is 0 Å². The summed E-state index contributed by atoms with van der Waals surface area (Å²) in [6.45, 7) is 20.7. The van der Waals surface area contributed by atoms with Crippen molar-refractivity contribution in [2.24, 2.45) is 0 Å². The molecule has 0 fully saturated rings. The maximum atomic E-state index is 8.36. The zero-order valence-corrected chi connectivity index (χ0v) is 19.5. The van der Waals surface area contributed by atoms with Crippen molar-refractivity contribution in [3.63, 3.8) is 0 Å². The molecule has 0 unspecified atom stereocenters. The Morgan fingerprint density at radius 1 is 1.10 bits per heavy atom. The molecular formula is C24H43NO4. The summed E-state index contributed by atoms with van der Waals surface area (Å²) in [5.41, 5.74) is 2.11. The lowest BCUT2D eigenvalue weighted by Gasteiger charge is -2.13. The third-order valence-electron chi connectivity index (χ3n) is 2.82. The van der Waals surface area contributed by atoms with Crippen LogP contribution in [0, 0.1) is 0 Å². The Bertz CT molecular complexity index is 515. The lowest BCUT2D eigenvalue weighted by atomic mass is 10.1. The quantitative estimate of drug-likeness (QED) is 0.217. The van der Waals surface area contributed by atoms with Crippen LogP contribution in [0.15, 0.2) is 72.4 Å². The molecule has 0 spiro atoms. The standard InChI is InChI=1S/C20H31NO.C2H6.CH2O2.CH4O/c1-7-10-11-12-13-19(8-2)20(16-21-9-3)22-18(6)15-14-17(4)5;1-2;2-1-3;1-2/h11-16,21H,4,6-10H2,1-3,5H3;1-2H3;1H,(H,2,3);2H,1H3/b12-11-,15-14-,19-13-,20-16-;;;. The average molecular weight is 410 g/mol. The van der Waals surface area contributed by atoms with E-state index >= 15 is 0 Å². The predicted molar refractivity (Wildman–Crippen MR) is 127 cm³/mol. The minimum Gasteiger partial charge on any atom is -0.483 e. The van der Waals surface area contributed by atoms with Gasteiger partial charge in [-0.05, 0) is 38.3 Å². The number of aliphatic hydroxyl groups excluding tert-OH is 1. The molecule has 0 saturated heterocycles. The van der Waals surface area contributed by atoms with Crippen LogP contribution in [0.4, 0.5) is 0 Å². The largest absolute Gasteiger partial charge is 0.483 e. The SMILES string of the molecule is C=C(C)/C=C\C(=C)OC(=C\NCC)/C(=C\C=C/CCC)CC.CC.CO.O=CO. The van der Waals surface area contributed by atoms with Gasteiger partial charge in [0.25, 0.3) is 6.47 Å². The van der Waals surface area contributed by atoms with Crippen molar-refractivity contribution in [1.29, 1.82) is 0 Å². The number of unbranched alkanes of at least 4 members (excludes halogenated alkanes) is 1. The molecule has 0 aliphatic heterocycles. The van der Waals surface area contributed by atoms with Crippen molar-refractivity contribution in [3.8, 4) is 0 Å². The first-order chi connectivity index (χ1) is 14.0. The summed E-state index contributed by atoms with van der Waals surface area (Å²) in [5.74, 6) is 1.41. The van der Waals surface area contributed by atoms with Gasteiger partial charge in [-0.25, -0.2) is 0 Å². The van der Waals surface area contributed by atoms with E-state index in [0.717, 1.165) is 49.8 Å². The highest BCUT2D eigenvalue weighted by molar-refractivity contribution is 5.33. The molecule has 0 atom stereocenters. The van der Waals surface area contributed by atoms with Crippen molar-refractivity contribution < 1.29 is 19.7 Å². The highest BCUT2D eigenvalue weighted by atomic mass is 16.5. The van der Waals surface area contributed by atoms with Crippen molar-refractivity contribution in [3.05, 3.63) is 72.4 Å². The van der Waals surface area contributed by atoms with E-state index in [4.69, 9.17) is 19.7 Å². The van der Waals surface area contributed by atoms with E-state index in [2.05, 4.69) is 57.5 Å². The molecule has 5 heteroatoms. The van der Waals surface area contributed by atoms with Gasteiger partial charge in [-0.2, -0.15) is 0 Å². The summed E-state index contributed by atoms with van der Waals surface area (Å²) < 4.78 is 5.89. The fourth-order valence-electron chi connectivity index (χ4n) is 1.61. The first-order valence-corrected chi connectivity index (χ1v) is 9.99. The van der Waals surface area contributed by atoms with Gasteiger partial charge >= 0.3 is 0 Å². The minimum atomic E-state index is -0.250. The Hall–Kier alpha value is -2.53. The maximum Gasteiger partial charge on any atom is 0.290 e. The molecule has 0 bridgehead atoms. The zero-order chi connectivity index (χ0) is 23.5. The fraction of sp³-hybridized carbons (Fsp3) is 0.458. The number of allylic oxidation sites excluding steroid dienone is 7. The molecule has 0 saturated carbocycles. The molecule has 0 radical (unpaired) electrons. The van der Waals surface area contributed by atoms with E-state index in [1.165, 1.54) is 0 Å². The van der Waals surface area contributed by atoms with Crippen molar-refractivity contribution in [2.45, 2.75) is 60.8 Å². The summed E-state index contributed by atoms with van der Waals surface area (Å²) in [5, 5.41) is 17.1. The van der Waals surface area contributed by atoms with Crippen molar-refractivity contribution in [1.82, 2.24) is 5.32 Å². The van der Waals surface area contributed by atoms with Crippen LogP contribution in [0.25, 0.3) is 0 Å². The van der Waals surface area contributed by atoms with Gasteiger partial charge in [0.2, 0.25) is 0 Å². The van der Waals surface area contributed by atoms with E-state index in [-0.39, 0.29) is 6.47 Å². The number of hydrogen-bond acceptors (Lipinski definition) is 4. The lowest BCUT2D eigenvalue weighted by molar-refractivity contribution is -0.122. The van der Waals surface area contributed by atoms with Gasteiger partial charge in [-0.3, -0.25) is 4.79 Å². The third kappa shape index (κ3) is 27.8. The summed E-state index contributed by atoms with van der Waals surface area (Å²) in [4.78, 5) is 8.36. The van der Waals surface area contributed by atoms with Crippen LogP contribution in [-0.4, -0.2) is 30.3 Å². The van der Waals surface area contributed by atoms with Gasteiger partial charge in [0.1, 0.15) is 11.5 Å². The molecule has 0 aliphatic rings.